The number of benzene rings is 1. The van der Waals surface area contributed by atoms with Crippen LogP contribution in [0.2, 0.25) is 0 Å². The van der Waals surface area contributed by atoms with E-state index < -0.39 is 11.7 Å². The first-order valence-corrected chi connectivity index (χ1v) is 7.07. The maximum absolute atomic E-state index is 11.8. The molecule has 1 aromatic heterocycles. The Hall–Kier alpha value is -2.69. The fourth-order valence-corrected chi connectivity index (χ4v) is 1.98. The number of pyridine rings is 1. The fourth-order valence-electron chi connectivity index (χ4n) is 1.98. The molecule has 0 radical (unpaired) electrons. The van der Waals surface area contributed by atoms with Crippen LogP contribution in [0.15, 0.2) is 48.7 Å². The highest BCUT2D eigenvalue weighted by molar-refractivity contribution is 6.40. The SMILES string of the molecule is COc1ccc(CCCC(=O)C(=O)Nc2ccccn2)cc1. The average Bonchev–Trinajstić information content (AvgIpc) is 2.56. The van der Waals surface area contributed by atoms with E-state index in [2.05, 4.69) is 10.3 Å². The van der Waals surface area contributed by atoms with Crippen molar-refractivity contribution in [2.24, 2.45) is 0 Å². The van der Waals surface area contributed by atoms with Gasteiger partial charge >= 0.3 is 0 Å². The minimum absolute atomic E-state index is 0.213. The topological polar surface area (TPSA) is 68.3 Å². The lowest BCUT2D eigenvalue weighted by Gasteiger charge is -2.04. The predicted octanol–water partition coefficient (Wildman–Crippen LogP) is 2.62. The van der Waals surface area contributed by atoms with Gasteiger partial charge in [-0.2, -0.15) is 0 Å². The molecule has 0 atom stereocenters. The van der Waals surface area contributed by atoms with Crippen LogP contribution in [-0.2, 0) is 16.0 Å². The molecule has 2 rings (SSSR count). The van der Waals surface area contributed by atoms with Gasteiger partial charge in [-0.25, -0.2) is 4.98 Å². The number of ether oxygens (including phenoxy) is 1. The summed E-state index contributed by atoms with van der Waals surface area (Å²) in [4.78, 5) is 27.4. The third-order valence-electron chi connectivity index (χ3n) is 3.19. The van der Waals surface area contributed by atoms with Crippen molar-refractivity contribution in [1.82, 2.24) is 4.98 Å². The molecule has 2 aromatic rings. The molecule has 1 heterocycles. The summed E-state index contributed by atoms with van der Waals surface area (Å²) in [6.07, 6.45) is 3.14. The summed E-state index contributed by atoms with van der Waals surface area (Å²) in [6, 6.07) is 12.8. The largest absolute Gasteiger partial charge is 0.497 e. The Labute approximate surface area is 129 Å². The summed E-state index contributed by atoms with van der Waals surface area (Å²) >= 11 is 0. The molecule has 5 nitrogen and oxygen atoms in total. The third-order valence-corrected chi connectivity index (χ3v) is 3.19. The summed E-state index contributed by atoms with van der Waals surface area (Å²) in [5, 5.41) is 2.49. The van der Waals surface area contributed by atoms with Crippen LogP contribution < -0.4 is 10.1 Å². The molecule has 0 aliphatic rings. The number of nitrogens with one attached hydrogen (secondary N) is 1. The van der Waals surface area contributed by atoms with Gasteiger partial charge in [-0.3, -0.25) is 9.59 Å². The highest BCUT2D eigenvalue weighted by atomic mass is 16.5. The molecule has 1 N–H and O–H groups in total. The lowest BCUT2D eigenvalue weighted by Crippen LogP contribution is -2.23. The summed E-state index contributed by atoms with van der Waals surface area (Å²) < 4.78 is 5.09. The molecule has 0 saturated heterocycles. The second kappa shape index (κ2) is 7.93. The highest BCUT2D eigenvalue weighted by Crippen LogP contribution is 2.13. The number of methoxy groups -OCH3 is 1. The minimum Gasteiger partial charge on any atom is -0.497 e. The number of rotatable bonds is 7. The van der Waals surface area contributed by atoms with Crippen molar-refractivity contribution in [3.05, 3.63) is 54.2 Å². The number of aromatic nitrogens is 1. The molecule has 5 heteroatoms. The number of hydrogen-bond donors (Lipinski definition) is 1. The Morgan fingerprint density at radius 1 is 1.14 bits per heavy atom. The Bertz CT molecular complexity index is 624. The van der Waals surface area contributed by atoms with Crippen molar-refractivity contribution in [1.29, 1.82) is 0 Å². The van der Waals surface area contributed by atoms with Crippen LogP contribution in [0, 0.1) is 0 Å². The first-order valence-electron chi connectivity index (χ1n) is 7.07. The molecule has 0 unspecified atom stereocenters. The molecular formula is C17H18N2O3. The van der Waals surface area contributed by atoms with Crippen molar-refractivity contribution in [3.63, 3.8) is 0 Å². The van der Waals surface area contributed by atoms with E-state index >= 15 is 0 Å². The number of carbonyl (C=O) groups excluding carboxylic acids is 2. The van der Waals surface area contributed by atoms with Gasteiger partial charge in [-0.05, 0) is 42.7 Å². The van der Waals surface area contributed by atoms with Crippen LogP contribution in [-0.4, -0.2) is 23.8 Å². The van der Waals surface area contributed by atoms with Crippen molar-refractivity contribution in [2.45, 2.75) is 19.3 Å². The Kier molecular flexibility index (Phi) is 5.65. The van der Waals surface area contributed by atoms with Crippen molar-refractivity contribution in [3.8, 4) is 5.75 Å². The lowest BCUT2D eigenvalue weighted by atomic mass is 10.1. The molecule has 0 aliphatic carbocycles. The number of ketones is 1. The molecule has 114 valence electrons. The number of nitrogens with zero attached hydrogens (tertiary/aromatic N) is 1. The molecule has 1 amide bonds. The summed E-state index contributed by atoms with van der Waals surface area (Å²) in [5.41, 5.74) is 1.11. The number of Topliss-reactive ketones (excluding diaryl/α,β-unsaturated/α-hetero) is 1. The van der Waals surface area contributed by atoms with Gasteiger partial charge in [-0.1, -0.05) is 18.2 Å². The number of aryl methyl sites for hydroxylation is 1. The minimum atomic E-state index is -0.617. The van der Waals surface area contributed by atoms with Crippen LogP contribution in [0.5, 0.6) is 5.75 Å². The number of carbonyl (C=O) groups is 2. The smallest absolute Gasteiger partial charge is 0.292 e. The van der Waals surface area contributed by atoms with E-state index in [1.165, 1.54) is 0 Å². The summed E-state index contributed by atoms with van der Waals surface area (Å²) in [5.74, 6) is 0.137. The van der Waals surface area contributed by atoms with E-state index in [1.807, 2.05) is 24.3 Å². The van der Waals surface area contributed by atoms with Crippen LogP contribution in [0.4, 0.5) is 5.82 Å². The zero-order valence-corrected chi connectivity index (χ0v) is 12.4. The van der Waals surface area contributed by atoms with Gasteiger partial charge in [0.25, 0.3) is 5.91 Å². The van der Waals surface area contributed by atoms with E-state index in [0.717, 1.165) is 17.7 Å². The van der Waals surface area contributed by atoms with E-state index in [4.69, 9.17) is 4.74 Å². The zero-order valence-electron chi connectivity index (χ0n) is 12.4. The van der Waals surface area contributed by atoms with E-state index in [0.29, 0.717) is 12.2 Å². The first kappa shape index (κ1) is 15.7. The van der Waals surface area contributed by atoms with Crippen LogP contribution in [0.1, 0.15) is 18.4 Å². The normalized spacial score (nSPS) is 10.0. The number of amides is 1. The first-order chi connectivity index (χ1) is 10.7. The highest BCUT2D eigenvalue weighted by Gasteiger charge is 2.13. The molecule has 0 fully saturated rings. The molecule has 1 aromatic carbocycles. The maximum atomic E-state index is 11.8. The van der Waals surface area contributed by atoms with Gasteiger partial charge in [0, 0.05) is 12.6 Å². The average molecular weight is 298 g/mol. The molecule has 0 bridgehead atoms. The van der Waals surface area contributed by atoms with E-state index in [-0.39, 0.29) is 6.42 Å². The standard InChI is InChI=1S/C17H18N2O3/c1-22-14-10-8-13(9-11-14)5-4-6-15(20)17(21)19-16-7-2-3-12-18-16/h2-3,7-12H,4-6H2,1H3,(H,18,19,21). The van der Waals surface area contributed by atoms with Crippen LogP contribution >= 0.6 is 0 Å². The van der Waals surface area contributed by atoms with Crippen molar-refractivity contribution < 1.29 is 14.3 Å². The molecule has 0 aliphatic heterocycles. The van der Waals surface area contributed by atoms with Gasteiger partial charge < -0.3 is 10.1 Å². The van der Waals surface area contributed by atoms with Gasteiger partial charge in [0.15, 0.2) is 0 Å². The quantitative estimate of drug-likeness (QED) is 0.798. The predicted molar refractivity (Wildman–Crippen MR) is 83.8 cm³/mol. The summed E-state index contributed by atoms with van der Waals surface area (Å²) in [7, 11) is 1.62. The Balaban J connectivity index is 1.76. The molecule has 0 saturated carbocycles. The van der Waals surface area contributed by atoms with Crippen LogP contribution in [0.3, 0.4) is 0 Å². The zero-order chi connectivity index (χ0) is 15.8. The van der Waals surface area contributed by atoms with Gasteiger partial charge in [0.1, 0.15) is 11.6 Å². The van der Waals surface area contributed by atoms with E-state index in [1.54, 1.807) is 31.5 Å². The second-order valence-corrected chi connectivity index (χ2v) is 4.79. The van der Waals surface area contributed by atoms with Gasteiger partial charge in [0.2, 0.25) is 5.78 Å². The number of anilines is 1. The van der Waals surface area contributed by atoms with Gasteiger partial charge in [0.05, 0.1) is 7.11 Å². The van der Waals surface area contributed by atoms with Crippen LogP contribution in [0.25, 0.3) is 0 Å². The number of hydrogen-bond acceptors (Lipinski definition) is 4. The van der Waals surface area contributed by atoms with Crippen molar-refractivity contribution in [2.75, 3.05) is 12.4 Å². The van der Waals surface area contributed by atoms with Gasteiger partial charge in [-0.15, -0.1) is 0 Å². The Morgan fingerprint density at radius 3 is 2.55 bits per heavy atom. The third kappa shape index (κ3) is 4.70. The molecule has 22 heavy (non-hydrogen) atoms. The second-order valence-electron chi connectivity index (χ2n) is 4.79. The summed E-state index contributed by atoms with van der Waals surface area (Å²) in [6.45, 7) is 0. The monoisotopic (exact) mass is 298 g/mol. The Morgan fingerprint density at radius 2 is 1.91 bits per heavy atom. The fraction of sp³-hybridized carbons (Fsp3) is 0.235. The van der Waals surface area contributed by atoms with Crippen molar-refractivity contribution >= 4 is 17.5 Å². The molecule has 0 spiro atoms. The maximum Gasteiger partial charge on any atom is 0.292 e. The van der Waals surface area contributed by atoms with E-state index in [9.17, 15) is 9.59 Å². The molecular weight excluding hydrogens is 280 g/mol. The lowest BCUT2D eigenvalue weighted by molar-refractivity contribution is -0.134.